The standard InChI is InChI=1S/C20H22ClN3O3/c1-4-9-27-18-14(21)10-13(11-17(18)26-3)20(25)22-12(2)19-23-15-7-5-6-8-16(15)24-19/h5-8,10-12H,4,9H2,1-3H3,(H,22,25)(H,23,24). The number of para-hydroxylation sites is 2. The second kappa shape index (κ2) is 8.31. The van der Waals surface area contributed by atoms with Gasteiger partial charge in [0.2, 0.25) is 0 Å². The van der Waals surface area contributed by atoms with Gasteiger partial charge in [0.15, 0.2) is 11.5 Å². The van der Waals surface area contributed by atoms with Crippen LogP contribution < -0.4 is 14.8 Å². The Hall–Kier alpha value is -2.73. The van der Waals surface area contributed by atoms with Gasteiger partial charge >= 0.3 is 0 Å². The Morgan fingerprint density at radius 2 is 2.11 bits per heavy atom. The first-order valence-corrected chi connectivity index (χ1v) is 9.17. The van der Waals surface area contributed by atoms with Crippen LogP contribution in [-0.4, -0.2) is 29.6 Å². The number of hydrogen-bond donors (Lipinski definition) is 2. The van der Waals surface area contributed by atoms with Crippen molar-refractivity contribution in [2.75, 3.05) is 13.7 Å². The van der Waals surface area contributed by atoms with Crippen molar-refractivity contribution >= 4 is 28.5 Å². The molecule has 0 saturated heterocycles. The molecule has 0 aliphatic rings. The van der Waals surface area contributed by atoms with Gasteiger partial charge in [-0.05, 0) is 37.6 Å². The fraction of sp³-hybridized carbons (Fsp3) is 0.300. The van der Waals surface area contributed by atoms with Crippen LogP contribution in [0.4, 0.5) is 0 Å². The van der Waals surface area contributed by atoms with E-state index in [4.69, 9.17) is 21.1 Å². The molecule has 2 N–H and O–H groups in total. The molecule has 0 radical (unpaired) electrons. The highest BCUT2D eigenvalue weighted by atomic mass is 35.5. The number of halogens is 1. The number of amides is 1. The van der Waals surface area contributed by atoms with Crippen molar-refractivity contribution in [1.82, 2.24) is 15.3 Å². The van der Waals surface area contributed by atoms with E-state index in [0.29, 0.717) is 34.5 Å². The van der Waals surface area contributed by atoms with Gasteiger partial charge in [0.25, 0.3) is 5.91 Å². The molecule has 1 amide bonds. The van der Waals surface area contributed by atoms with Gasteiger partial charge in [-0.3, -0.25) is 4.79 Å². The normalized spacial score (nSPS) is 12.0. The number of carbonyl (C=O) groups excluding carboxylic acids is 1. The number of methoxy groups -OCH3 is 1. The summed E-state index contributed by atoms with van der Waals surface area (Å²) >= 11 is 6.30. The highest BCUT2D eigenvalue weighted by molar-refractivity contribution is 6.32. The largest absolute Gasteiger partial charge is 0.493 e. The van der Waals surface area contributed by atoms with E-state index in [0.717, 1.165) is 17.5 Å². The quantitative estimate of drug-likeness (QED) is 0.625. The number of aromatic nitrogens is 2. The maximum absolute atomic E-state index is 12.7. The zero-order valence-corrected chi connectivity index (χ0v) is 16.3. The molecule has 0 bridgehead atoms. The molecule has 2 aromatic carbocycles. The van der Waals surface area contributed by atoms with E-state index in [1.807, 2.05) is 38.1 Å². The van der Waals surface area contributed by atoms with Crippen molar-refractivity contribution in [2.24, 2.45) is 0 Å². The lowest BCUT2D eigenvalue weighted by atomic mass is 10.1. The van der Waals surface area contributed by atoms with Gasteiger partial charge in [-0.15, -0.1) is 0 Å². The second-order valence-corrected chi connectivity index (χ2v) is 6.58. The SMILES string of the molecule is CCCOc1c(Cl)cc(C(=O)NC(C)c2nc3ccccc3[nH]2)cc1OC. The summed E-state index contributed by atoms with van der Waals surface area (Å²) in [5.74, 6) is 1.29. The molecule has 1 heterocycles. The molecule has 0 aliphatic heterocycles. The number of hydrogen-bond acceptors (Lipinski definition) is 4. The molecule has 3 aromatic rings. The van der Waals surface area contributed by atoms with Crippen molar-refractivity contribution in [1.29, 1.82) is 0 Å². The highest BCUT2D eigenvalue weighted by Crippen LogP contribution is 2.36. The van der Waals surface area contributed by atoms with Gasteiger partial charge in [-0.2, -0.15) is 0 Å². The number of imidazole rings is 1. The number of benzene rings is 2. The second-order valence-electron chi connectivity index (χ2n) is 6.17. The van der Waals surface area contributed by atoms with E-state index in [9.17, 15) is 4.79 Å². The predicted molar refractivity (Wildman–Crippen MR) is 106 cm³/mol. The zero-order valence-electron chi connectivity index (χ0n) is 15.5. The summed E-state index contributed by atoms with van der Waals surface area (Å²) in [5.41, 5.74) is 2.18. The summed E-state index contributed by atoms with van der Waals surface area (Å²) in [6.45, 7) is 4.39. The Kier molecular flexibility index (Phi) is 5.86. The molecular formula is C20H22ClN3O3. The summed E-state index contributed by atoms with van der Waals surface area (Å²) in [4.78, 5) is 20.4. The van der Waals surface area contributed by atoms with Crippen molar-refractivity contribution in [2.45, 2.75) is 26.3 Å². The Balaban J connectivity index is 1.79. The lowest BCUT2D eigenvalue weighted by Crippen LogP contribution is -2.27. The minimum absolute atomic E-state index is 0.273. The molecule has 7 heteroatoms. The van der Waals surface area contributed by atoms with Crippen LogP contribution in [0.1, 0.15) is 42.5 Å². The van der Waals surface area contributed by atoms with Crippen LogP contribution in [0.3, 0.4) is 0 Å². The van der Waals surface area contributed by atoms with Gasteiger partial charge in [0, 0.05) is 5.56 Å². The number of H-pyrrole nitrogens is 1. The summed E-state index contributed by atoms with van der Waals surface area (Å²) in [6, 6.07) is 10.6. The number of nitrogens with zero attached hydrogens (tertiary/aromatic N) is 1. The number of aromatic amines is 1. The van der Waals surface area contributed by atoms with Crippen molar-refractivity contribution in [3.63, 3.8) is 0 Å². The molecule has 1 aromatic heterocycles. The van der Waals surface area contributed by atoms with Crippen LogP contribution in [0, 0.1) is 0 Å². The van der Waals surface area contributed by atoms with Crippen LogP contribution in [0.25, 0.3) is 11.0 Å². The zero-order chi connectivity index (χ0) is 19.4. The number of rotatable bonds is 7. The summed E-state index contributed by atoms with van der Waals surface area (Å²) in [5, 5.41) is 3.26. The number of ether oxygens (including phenoxy) is 2. The van der Waals surface area contributed by atoms with E-state index in [-0.39, 0.29) is 11.9 Å². The van der Waals surface area contributed by atoms with Gasteiger partial charge in [-0.25, -0.2) is 4.98 Å². The molecule has 0 saturated carbocycles. The maximum Gasteiger partial charge on any atom is 0.252 e. The van der Waals surface area contributed by atoms with Crippen LogP contribution >= 0.6 is 11.6 Å². The summed E-state index contributed by atoms with van der Waals surface area (Å²) in [6.07, 6.45) is 0.844. The van der Waals surface area contributed by atoms with Crippen LogP contribution in [-0.2, 0) is 0 Å². The molecular weight excluding hydrogens is 366 g/mol. The Morgan fingerprint density at radius 1 is 1.33 bits per heavy atom. The first-order valence-electron chi connectivity index (χ1n) is 8.79. The maximum atomic E-state index is 12.7. The average molecular weight is 388 g/mol. The van der Waals surface area contributed by atoms with Crippen LogP contribution in [0.2, 0.25) is 5.02 Å². The first-order chi connectivity index (χ1) is 13.0. The van der Waals surface area contributed by atoms with Crippen molar-refractivity contribution in [3.05, 3.63) is 52.8 Å². The predicted octanol–water partition coefficient (Wildman–Crippen LogP) is 4.50. The van der Waals surface area contributed by atoms with Gasteiger partial charge in [0.05, 0.1) is 35.8 Å². The molecule has 6 nitrogen and oxygen atoms in total. The van der Waals surface area contributed by atoms with E-state index in [1.165, 1.54) is 7.11 Å². The topological polar surface area (TPSA) is 76.2 Å². The van der Waals surface area contributed by atoms with E-state index in [1.54, 1.807) is 12.1 Å². The van der Waals surface area contributed by atoms with Crippen molar-refractivity contribution in [3.8, 4) is 11.5 Å². The molecule has 3 rings (SSSR count). The number of fused-ring (bicyclic) bond motifs is 1. The average Bonchev–Trinajstić information content (AvgIpc) is 3.10. The molecule has 27 heavy (non-hydrogen) atoms. The third-order valence-electron chi connectivity index (χ3n) is 4.11. The molecule has 1 unspecified atom stereocenters. The van der Waals surface area contributed by atoms with Gasteiger partial charge in [-0.1, -0.05) is 30.7 Å². The van der Waals surface area contributed by atoms with E-state index < -0.39 is 0 Å². The number of nitrogens with one attached hydrogen (secondary N) is 2. The third kappa shape index (κ3) is 4.17. The summed E-state index contributed by atoms with van der Waals surface area (Å²) < 4.78 is 11.0. The number of carbonyl (C=O) groups is 1. The van der Waals surface area contributed by atoms with Crippen LogP contribution in [0.15, 0.2) is 36.4 Å². The Bertz CT molecular complexity index is 922. The lowest BCUT2D eigenvalue weighted by Gasteiger charge is -2.15. The first kappa shape index (κ1) is 19.0. The highest BCUT2D eigenvalue weighted by Gasteiger charge is 2.19. The van der Waals surface area contributed by atoms with Gasteiger partial charge < -0.3 is 19.8 Å². The molecule has 1 atom stereocenters. The lowest BCUT2D eigenvalue weighted by molar-refractivity contribution is 0.0938. The molecule has 142 valence electrons. The van der Waals surface area contributed by atoms with Crippen molar-refractivity contribution < 1.29 is 14.3 Å². The Labute approximate surface area is 162 Å². The smallest absolute Gasteiger partial charge is 0.252 e. The molecule has 0 aliphatic carbocycles. The minimum Gasteiger partial charge on any atom is -0.493 e. The molecule has 0 fully saturated rings. The summed E-state index contributed by atoms with van der Waals surface area (Å²) in [7, 11) is 1.52. The fourth-order valence-corrected chi connectivity index (χ4v) is 2.99. The fourth-order valence-electron chi connectivity index (χ4n) is 2.72. The molecule has 0 spiro atoms. The third-order valence-corrected chi connectivity index (χ3v) is 4.39. The Morgan fingerprint density at radius 3 is 2.81 bits per heavy atom. The van der Waals surface area contributed by atoms with Gasteiger partial charge in [0.1, 0.15) is 5.82 Å². The minimum atomic E-state index is -0.300. The monoisotopic (exact) mass is 387 g/mol. The van der Waals surface area contributed by atoms with Crippen LogP contribution in [0.5, 0.6) is 11.5 Å². The van der Waals surface area contributed by atoms with E-state index in [2.05, 4.69) is 15.3 Å². The van der Waals surface area contributed by atoms with E-state index >= 15 is 0 Å².